The van der Waals surface area contributed by atoms with Gasteiger partial charge in [0.25, 0.3) is 5.91 Å². The van der Waals surface area contributed by atoms with Gasteiger partial charge in [0.1, 0.15) is 0 Å². The van der Waals surface area contributed by atoms with E-state index in [9.17, 15) is 4.79 Å². The molecule has 0 atom stereocenters. The molecule has 122 valence electrons. The normalized spacial score (nSPS) is 20.8. The Morgan fingerprint density at radius 1 is 1.36 bits per heavy atom. The van der Waals surface area contributed by atoms with E-state index in [0.29, 0.717) is 5.92 Å². The molecule has 0 radical (unpaired) electrons. The molecule has 0 saturated carbocycles. The minimum atomic E-state index is 0.0604. The maximum Gasteiger partial charge on any atom is 0.255 e. The lowest BCUT2D eigenvalue weighted by atomic mass is 9.76. The monoisotopic (exact) mass is 305 g/mol. The van der Waals surface area contributed by atoms with Gasteiger partial charge >= 0.3 is 0 Å². The summed E-state index contributed by atoms with van der Waals surface area (Å²) in [5, 5.41) is 7.90. The molecule has 1 aromatic rings. The lowest BCUT2D eigenvalue weighted by Crippen LogP contribution is -2.40. The molecule has 5 heteroatoms. The summed E-state index contributed by atoms with van der Waals surface area (Å²) >= 11 is 0. The molecule has 1 spiro atoms. The Morgan fingerprint density at radius 2 is 2.09 bits per heavy atom. The van der Waals surface area contributed by atoms with Crippen LogP contribution in [0.1, 0.15) is 55.4 Å². The number of hydrogen-bond acceptors (Lipinski definition) is 3. The molecule has 1 amide bonds. The number of nitrogens with one attached hydrogen (secondary N) is 1. The zero-order chi connectivity index (χ0) is 15.7. The second kappa shape index (κ2) is 6.03. The Kier molecular flexibility index (Phi) is 4.26. The van der Waals surface area contributed by atoms with Crippen LogP contribution in [-0.2, 0) is 24.1 Å². The fraction of sp³-hybridized carbons (Fsp3) is 0.765. The number of nitrogens with zero attached hydrogens (tertiary/aromatic N) is 2. The van der Waals surface area contributed by atoms with Crippen LogP contribution in [0.4, 0.5) is 0 Å². The van der Waals surface area contributed by atoms with Gasteiger partial charge in [-0.05, 0) is 37.0 Å². The zero-order valence-corrected chi connectivity index (χ0v) is 13.9. The Morgan fingerprint density at radius 3 is 2.73 bits per heavy atom. The van der Waals surface area contributed by atoms with Crippen molar-refractivity contribution in [2.24, 2.45) is 11.3 Å². The van der Waals surface area contributed by atoms with Gasteiger partial charge in [0, 0.05) is 26.3 Å². The number of amides is 1. The maximum absolute atomic E-state index is 12.6. The Hall–Kier alpha value is -1.36. The Labute approximate surface area is 132 Å². The van der Waals surface area contributed by atoms with Crippen LogP contribution in [0.5, 0.6) is 0 Å². The highest BCUT2D eigenvalue weighted by molar-refractivity contribution is 5.97. The molecule has 0 aromatic carbocycles. The second-order valence-electron chi connectivity index (χ2n) is 7.17. The predicted molar refractivity (Wildman–Crippen MR) is 85.0 cm³/mol. The van der Waals surface area contributed by atoms with Crippen molar-refractivity contribution in [1.29, 1.82) is 0 Å². The van der Waals surface area contributed by atoms with E-state index in [1.54, 1.807) is 0 Å². The van der Waals surface area contributed by atoms with Gasteiger partial charge in [0.05, 0.1) is 17.0 Å². The van der Waals surface area contributed by atoms with Crippen LogP contribution >= 0.6 is 0 Å². The first-order chi connectivity index (χ1) is 10.5. The molecule has 5 nitrogen and oxygen atoms in total. The maximum atomic E-state index is 12.6. The SMILES string of the molecule is CCc1nn(CC(C)C)c2c1C(=O)NCC1(CCOCC1)C2. The van der Waals surface area contributed by atoms with Crippen LogP contribution < -0.4 is 5.32 Å². The molecule has 22 heavy (non-hydrogen) atoms. The molecule has 1 saturated heterocycles. The smallest absolute Gasteiger partial charge is 0.255 e. The van der Waals surface area contributed by atoms with Gasteiger partial charge in [0.2, 0.25) is 0 Å². The molecule has 1 fully saturated rings. The third kappa shape index (κ3) is 2.78. The summed E-state index contributed by atoms with van der Waals surface area (Å²) in [5.74, 6) is 0.580. The van der Waals surface area contributed by atoms with E-state index in [0.717, 1.165) is 68.9 Å². The lowest BCUT2D eigenvalue weighted by Gasteiger charge is -2.36. The second-order valence-corrected chi connectivity index (χ2v) is 7.17. The molecule has 0 bridgehead atoms. The molecule has 0 unspecified atom stereocenters. The number of ether oxygens (including phenoxy) is 1. The van der Waals surface area contributed by atoms with Crippen molar-refractivity contribution in [3.63, 3.8) is 0 Å². The van der Waals surface area contributed by atoms with Crippen LogP contribution in [0.25, 0.3) is 0 Å². The van der Waals surface area contributed by atoms with Gasteiger partial charge in [0.15, 0.2) is 0 Å². The van der Waals surface area contributed by atoms with Gasteiger partial charge in [-0.3, -0.25) is 9.48 Å². The minimum absolute atomic E-state index is 0.0604. The highest BCUT2D eigenvalue weighted by Crippen LogP contribution is 2.37. The van der Waals surface area contributed by atoms with Crippen molar-refractivity contribution < 1.29 is 9.53 Å². The van der Waals surface area contributed by atoms with Crippen LogP contribution in [0.3, 0.4) is 0 Å². The summed E-state index contributed by atoms with van der Waals surface area (Å²) in [6.45, 7) is 9.69. The van der Waals surface area contributed by atoms with Gasteiger partial charge in [-0.15, -0.1) is 0 Å². The average Bonchev–Trinajstić information content (AvgIpc) is 2.75. The largest absolute Gasteiger partial charge is 0.381 e. The van der Waals surface area contributed by atoms with E-state index in [1.807, 2.05) is 0 Å². The topological polar surface area (TPSA) is 56.2 Å². The minimum Gasteiger partial charge on any atom is -0.381 e. The quantitative estimate of drug-likeness (QED) is 0.931. The number of carbonyl (C=O) groups excluding carboxylic acids is 1. The van der Waals surface area contributed by atoms with Crippen molar-refractivity contribution in [3.05, 3.63) is 17.0 Å². The number of carbonyl (C=O) groups is 1. The van der Waals surface area contributed by atoms with Crippen molar-refractivity contribution >= 4 is 5.91 Å². The Balaban J connectivity index is 2.03. The van der Waals surface area contributed by atoms with E-state index < -0.39 is 0 Å². The summed E-state index contributed by atoms with van der Waals surface area (Å²) in [7, 11) is 0. The van der Waals surface area contributed by atoms with E-state index >= 15 is 0 Å². The molecular formula is C17H27N3O2. The highest BCUT2D eigenvalue weighted by atomic mass is 16.5. The van der Waals surface area contributed by atoms with Crippen molar-refractivity contribution in [2.45, 2.75) is 53.0 Å². The van der Waals surface area contributed by atoms with E-state index in [2.05, 4.69) is 30.8 Å². The summed E-state index contributed by atoms with van der Waals surface area (Å²) in [4.78, 5) is 12.6. The Bertz CT molecular complexity index is 556. The number of fused-ring (bicyclic) bond motifs is 1. The molecule has 2 aliphatic heterocycles. The first-order valence-corrected chi connectivity index (χ1v) is 8.49. The number of hydrogen-bond donors (Lipinski definition) is 1. The first-order valence-electron chi connectivity index (χ1n) is 8.49. The summed E-state index contributed by atoms with van der Waals surface area (Å²) in [5.41, 5.74) is 3.06. The third-order valence-corrected chi connectivity index (χ3v) is 4.95. The zero-order valence-electron chi connectivity index (χ0n) is 13.9. The highest BCUT2D eigenvalue weighted by Gasteiger charge is 2.39. The lowest BCUT2D eigenvalue weighted by molar-refractivity contribution is 0.0152. The first kappa shape index (κ1) is 15.5. The molecule has 3 heterocycles. The molecule has 0 aliphatic carbocycles. The number of rotatable bonds is 3. The standard InChI is InChI=1S/C17H27N3O2/c1-4-13-15-14(20(19-13)10-12(2)3)9-17(11-18-16(15)21)5-7-22-8-6-17/h12H,4-11H2,1-3H3,(H,18,21). The van der Waals surface area contributed by atoms with Gasteiger partial charge in [-0.1, -0.05) is 20.8 Å². The van der Waals surface area contributed by atoms with E-state index in [-0.39, 0.29) is 11.3 Å². The van der Waals surface area contributed by atoms with Gasteiger partial charge < -0.3 is 10.1 Å². The number of aryl methyl sites for hydroxylation is 1. The van der Waals surface area contributed by atoms with Gasteiger partial charge in [-0.2, -0.15) is 5.10 Å². The molecule has 1 aromatic heterocycles. The average molecular weight is 305 g/mol. The summed E-state index contributed by atoms with van der Waals surface area (Å²) < 4.78 is 7.64. The van der Waals surface area contributed by atoms with Crippen LogP contribution in [0, 0.1) is 11.3 Å². The molecule has 3 rings (SSSR count). The number of aromatic nitrogens is 2. The van der Waals surface area contributed by atoms with Crippen LogP contribution in [-0.4, -0.2) is 35.4 Å². The van der Waals surface area contributed by atoms with E-state index in [1.165, 1.54) is 0 Å². The van der Waals surface area contributed by atoms with E-state index in [4.69, 9.17) is 9.84 Å². The fourth-order valence-corrected chi connectivity index (χ4v) is 3.67. The van der Waals surface area contributed by atoms with Crippen molar-refractivity contribution in [3.8, 4) is 0 Å². The van der Waals surface area contributed by atoms with Crippen LogP contribution in [0.15, 0.2) is 0 Å². The fourth-order valence-electron chi connectivity index (χ4n) is 3.67. The van der Waals surface area contributed by atoms with Crippen molar-refractivity contribution in [2.75, 3.05) is 19.8 Å². The van der Waals surface area contributed by atoms with Crippen LogP contribution in [0.2, 0.25) is 0 Å². The third-order valence-electron chi connectivity index (χ3n) is 4.95. The predicted octanol–water partition coefficient (Wildman–Crippen LogP) is 2.18. The van der Waals surface area contributed by atoms with Gasteiger partial charge in [-0.25, -0.2) is 0 Å². The summed E-state index contributed by atoms with van der Waals surface area (Å²) in [6, 6.07) is 0. The molecule has 1 N–H and O–H groups in total. The molecular weight excluding hydrogens is 278 g/mol. The molecule has 2 aliphatic rings. The summed E-state index contributed by atoms with van der Waals surface area (Å²) in [6.07, 6.45) is 3.77. The van der Waals surface area contributed by atoms with Crippen molar-refractivity contribution in [1.82, 2.24) is 15.1 Å².